The quantitative estimate of drug-likeness (QED) is 0.559. The molecule has 3 aromatic carbocycles. The van der Waals surface area contributed by atoms with Crippen molar-refractivity contribution in [1.82, 2.24) is 0 Å². The van der Waals surface area contributed by atoms with E-state index < -0.39 is 0 Å². The number of nitrogens with zero attached hydrogens (tertiary/aromatic N) is 1. The van der Waals surface area contributed by atoms with Crippen LogP contribution >= 0.6 is 0 Å². The van der Waals surface area contributed by atoms with Crippen molar-refractivity contribution in [1.29, 1.82) is 0 Å². The minimum atomic E-state index is -0.295. The summed E-state index contributed by atoms with van der Waals surface area (Å²) in [5, 5.41) is 16.0. The molecule has 4 heteroatoms. The number of hydrogen-bond acceptors (Lipinski definition) is 3. The van der Waals surface area contributed by atoms with Crippen LogP contribution in [0.5, 0.6) is 5.75 Å². The largest absolute Gasteiger partial charge is 0.507 e. The second kappa shape index (κ2) is 5.63. The van der Waals surface area contributed by atoms with E-state index in [4.69, 9.17) is 0 Å². The van der Waals surface area contributed by atoms with Crippen molar-refractivity contribution in [3.05, 3.63) is 72.0 Å². The van der Waals surface area contributed by atoms with Crippen LogP contribution in [0, 0.1) is 5.82 Å². The lowest BCUT2D eigenvalue weighted by Crippen LogP contribution is -1.92. The molecular formula is C17H13FN2O. The second-order valence-electron chi connectivity index (χ2n) is 4.60. The van der Waals surface area contributed by atoms with Gasteiger partial charge in [-0.25, -0.2) is 4.39 Å². The predicted octanol–water partition coefficient (Wildman–Crippen LogP) is 4.13. The molecule has 104 valence electrons. The Kier molecular flexibility index (Phi) is 3.51. The van der Waals surface area contributed by atoms with Crippen LogP contribution in [0.15, 0.2) is 65.8 Å². The normalized spacial score (nSPS) is 11.1. The van der Waals surface area contributed by atoms with Gasteiger partial charge in [0, 0.05) is 5.56 Å². The molecule has 0 heterocycles. The first kappa shape index (κ1) is 13.1. The molecule has 0 atom stereocenters. The first-order valence-electron chi connectivity index (χ1n) is 6.49. The molecule has 0 aromatic heterocycles. The topological polar surface area (TPSA) is 44.6 Å². The van der Waals surface area contributed by atoms with Crippen molar-refractivity contribution in [2.75, 3.05) is 5.43 Å². The summed E-state index contributed by atoms with van der Waals surface area (Å²) in [7, 11) is 0. The Hall–Kier alpha value is -2.88. The molecule has 0 aliphatic rings. The Morgan fingerprint density at radius 2 is 1.71 bits per heavy atom. The van der Waals surface area contributed by atoms with Gasteiger partial charge in [-0.2, -0.15) is 5.10 Å². The molecule has 0 spiro atoms. The number of rotatable bonds is 3. The Balaban J connectivity index is 1.89. The molecule has 0 aliphatic heterocycles. The molecule has 0 saturated heterocycles. The van der Waals surface area contributed by atoms with Crippen LogP contribution in [0.25, 0.3) is 10.8 Å². The minimum Gasteiger partial charge on any atom is -0.507 e. The lowest BCUT2D eigenvalue weighted by molar-refractivity contribution is 0.475. The van der Waals surface area contributed by atoms with Crippen LogP contribution in [0.3, 0.4) is 0 Å². The second-order valence-corrected chi connectivity index (χ2v) is 4.60. The van der Waals surface area contributed by atoms with Crippen molar-refractivity contribution in [2.45, 2.75) is 0 Å². The van der Waals surface area contributed by atoms with E-state index in [1.807, 2.05) is 30.3 Å². The van der Waals surface area contributed by atoms with E-state index in [1.54, 1.807) is 24.4 Å². The van der Waals surface area contributed by atoms with Crippen molar-refractivity contribution < 1.29 is 9.50 Å². The molecule has 0 aliphatic carbocycles. The fourth-order valence-corrected chi connectivity index (χ4v) is 2.12. The van der Waals surface area contributed by atoms with Gasteiger partial charge in [-0.15, -0.1) is 0 Å². The highest BCUT2D eigenvalue weighted by molar-refractivity contribution is 6.02. The number of anilines is 1. The zero-order valence-corrected chi connectivity index (χ0v) is 11.1. The number of aromatic hydroxyl groups is 1. The highest BCUT2D eigenvalue weighted by atomic mass is 19.1. The van der Waals surface area contributed by atoms with Gasteiger partial charge in [-0.3, -0.25) is 5.43 Å². The van der Waals surface area contributed by atoms with Gasteiger partial charge in [-0.1, -0.05) is 30.3 Å². The van der Waals surface area contributed by atoms with E-state index in [9.17, 15) is 9.50 Å². The Labute approximate surface area is 121 Å². The van der Waals surface area contributed by atoms with Gasteiger partial charge in [0.05, 0.1) is 11.9 Å². The van der Waals surface area contributed by atoms with Gasteiger partial charge in [0.15, 0.2) is 0 Å². The summed E-state index contributed by atoms with van der Waals surface area (Å²) in [6.45, 7) is 0. The summed E-state index contributed by atoms with van der Waals surface area (Å²) >= 11 is 0. The number of phenols is 1. The summed E-state index contributed by atoms with van der Waals surface area (Å²) in [5.74, 6) is -0.130. The third-order valence-corrected chi connectivity index (χ3v) is 3.18. The fourth-order valence-electron chi connectivity index (χ4n) is 2.12. The average Bonchev–Trinajstić information content (AvgIpc) is 2.51. The lowest BCUT2D eigenvalue weighted by Gasteiger charge is -2.05. The van der Waals surface area contributed by atoms with Gasteiger partial charge >= 0.3 is 0 Å². The fraction of sp³-hybridized carbons (Fsp3) is 0. The van der Waals surface area contributed by atoms with Gasteiger partial charge in [0.25, 0.3) is 0 Å². The Morgan fingerprint density at radius 3 is 2.52 bits per heavy atom. The zero-order chi connectivity index (χ0) is 14.7. The number of phenolic OH excluding ortho intramolecular Hbond substituents is 1. The van der Waals surface area contributed by atoms with E-state index in [0.29, 0.717) is 11.3 Å². The van der Waals surface area contributed by atoms with Crippen LogP contribution in [-0.2, 0) is 0 Å². The summed E-state index contributed by atoms with van der Waals surface area (Å²) in [5.41, 5.74) is 4.12. The molecule has 0 radical (unpaired) electrons. The van der Waals surface area contributed by atoms with Crippen molar-refractivity contribution in [3.63, 3.8) is 0 Å². The average molecular weight is 280 g/mol. The number of halogens is 1. The summed E-state index contributed by atoms with van der Waals surface area (Å²) < 4.78 is 12.8. The van der Waals surface area contributed by atoms with Gasteiger partial charge < -0.3 is 5.11 Å². The molecule has 0 amide bonds. The van der Waals surface area contributed by atoms with Crippen LogP contribution in [0.2, 0.25) is 0 Å². The molecule has 3 rings (SSSR count). The number of fused-ring (bicyclic) bond motifs is 1. The highest BCUT2D eigenvalue weighted by Gasteiger charge is 2.03. The maximum atomic E-state index is 12.8. The maximum absolute atomic E-state index is 12.8. The molecule has 0 saturated carbocycles. The van der Waals surface area contributed by atoms with E-state index in [-0.39, 0.29) is 11.6 Å². The van der Waals surface area contributed by atoms with Crippen LogP contribution in [0.4, 0.5) is 10.1 Å². The highest BCUT2D eigenvalue weighted by Crippen LogP contribution is 2.25. The molecule has 2 N–H and O–H groups in total. The monoisotopic (exact) mass is 280 g/mol. The molecule has 0 bridgehead atoms. The number of hydrogen-bond donors (Lipinski definition) is 2. The number of hydrazone groups is 1. The minimum absolute atomic E-state index is 0.165. The Morgan fingerprint density at radius 1 is 0.952 bits per heavy atom. The van der Waals surface area contributed by atoms with Crippen LogP contribution in [0.1, 0.15) is 5.56 Å². The maximum Gasteiger partial charge on any atom is 0.125 e. The van der Waals surface area contributed by atoms with E-state index in [2.05, 4.69) is 10.5 Å². The molecule has 0 unspecified atom stereocenters. The molecular weight excluding hydrogens is 267 g/mol. The van der Waals surface area contributed by atoms with Gasteiger partial charge in [0.1, 0.15) is 11.6 Å². The Bertz CT molecular complexity index is 797. The van der Waals surface area contributed by atoms with Crippen LogP contribution < -0.4 is 5.43 Å². The summed E-state index contributed by atoms with van der Waals surface area (Å²) in [6.07, 6.45) is 1.56. The van der Waals surface area contributed by atoms with E-state index in [0.717, 1.165) is 10.8 Å². The SMILES string of the molecule is Oc1ccc2ccccc2c1C=NNc1ccc(F)cc1. The number of nitrogens with one attached hydrogen (secondary N) is 1. The lowest BCUT2D eigenvalue weighted by atomic mass is 10.0. The smallest absolute Gasteiger partial charge is 0.125 e. The van der Waals surface area contributed by atoms with Gasteiger partial charge in [0.2, 0.25) is 0 Å². The molecule has 3 aromatic rings. The standard InChI is InChI=1S/C17H13FN2O/c18-13-6-8-14(9-7-13)20-19-11-16-15-4-2-1-3-12(15)5-10-17(16)21/h1-11,20-21H. The first-order chi connectivity index (χ1) is 10.2. The van der Waals surface area contributed by atoms with Crippen LogP contribution in [-0.4, -0.2) is 11.3 Å². The van der Waals surface area contributed by atoms with Crippen molar-refractivity contribution in [2.24, 2.45) is 5.10 Å². The first-order valence-corrected chi connectivity index (χ1v) is 6.49. The predicted molar refractivity (Wildman–Crippen MR) is 83.2 cm³/mol. The van der Waals surface area contributed by atoms with E-state index >= 15 is 0 Å². The van der Waals surface area contributed by atoms with Crippen molar-refractivity contribution in [3.8, 4) is 5.75 Å². The van der Waals surface area contributed by atoms with E-state index in [1.165, 1.54) is 12.1 Å². The van der Waals surface area contributed by atoms with Crippen molar-refractivity contribution >= 4 is 22.7 Å². The molecule has 3 nitrogen and oxygen atoms in total. The third kappa shape index (κ3) is 2.84. The number of benzene rings is 3. The zero-order valence-electron chi connectivity index (χ0n) is 11.1. The summed E-state index contributed by atoms with van der Waals surface area (Å²) in [6, 6.07) is 17.1. The summed E-state index contributed by atoms with van der Waals surface area (Å²) in [4.78, 5) is 0. The third-order valence-electron chi connectivity index (χ3n) is 3.18. The van der Waals surface area contributed by atoms with Gasteiger partial charge in [-0.05, 0) is 41.1 Å². The molecule has 0 fully saturated rings. The molecule has 21 heavy (non-hydrogen) atoms.